The normalized spacial score (nSPS) is 24.1. The molecule has 152 valence electrons. The van der Waals surface area contributed by atoms with Crippen molar-refractivity contribution in [2.24, 2.45) is 16.8 Å². The monoisotopic (exact) mass is 496 g/mol. The maximum absolute atomic E-state index is 12.5. The SMILES string of the molecule is CCNC(=NCCN1C(=O)c2ccccc2C1=O)N1CC2CCCCC2C1.I. The van der Waals surface area contributed by atoms with Gasteiger partial charge in [0.15, 0.2) is 5.96 Å². The second kappa shape index (κ2) is 9.24. The van der Waals surface area contributed by atoms with Crippen molar-refractivity contribution < 1.29 is 9.59 Å². The Morgan fingerprint density at radius 1 is 1.07 bits per heavy atom. The molecule has 3 aliphatic rings. The summed E-state index contributed by atoms with van der Waals surface area (Å²) in [6.45, 7) is 5.79. The van der Waals surface area contributed by atoms with E-state index in [1.54, 1.807) is 24.3 Å². The zero-order valence-electron chi connectivity index (χ0n) is 16.4. The second-order valence-electron chi connectivity index (χ2n) is 7.75. The van der Waals surface area contributed by atoms with E-state index < -0.39 is 0 Å². The molecule has 2 fully saturated rings. The summed E-state index contributed by atoms with van der Waals surface area (Å²) in [4.78, 5) is 33.4. The summed E-state index contributed by atoms with van der Waals surface area (Å²) in [6, 6.07) is 7.02. The number of hydrogen-bond donors (Lipinski definition) is 1. The number of rotatable bonds is 4. The van der Waals surface area contributed by atoms with Gasteiger partial charge in [0.1, 0.15) is 0 Å². The van der Waals surface area contributed by atoms with Crippen molar-refractivity contribution in [2.75, 3.05) is 32.7 Å². The third kappa shape index (κ3) is 4.04. The number of imide groups is 1. The Balaban J connectivity index is 0.00000225. The number of halogens is 1. The van der Waals surface area contributed by atoms with E-state index in [1.165, 1.54) is 30.6 Å². The van der Waals surface area contributed by atoms with Gasteiger partial charge in [-0.05, 0) is 43.7 Å². The van der Waals surface area contributed by atoms with Gasteiger partial charge in [0, 0.05) is 26.2 Å². The van der Waals surface area contributed by atoms with Crippen molar-refractivity contribution in [3.05, 3.63) is 35.4 Å². The topological polar surface area (TPSA) is 65.0 Å². The molecular weight excluding hydrogens is 467 g/mol. The van der Waals surface area contributed by atoms with Crippen molar-refractivity contribution in [1.29, 1.82) is 0 Å². The number of nitrogens with one attached hydrogen (secondary N) is 1. The second-order valence-corrected chi connectivity index (χ2v) is 7.75. The number of benzene rings is 1. The van der Waals surface area contributed by atoms with E-state index in [2.05, 4.69) is 17.1 Å². The summed E-state index contributed by atoms with van der Waals surface area (Å²) in [5.74, 6) is 2.09. The number of aliphatic imine (C=N–C) groups is 1. The number of amides is 2. The molecule has 1 aromatic carbocycles. The lowest BCUT2D eigenvalue weighted by molar-refractivity contribution is 0.0659. The lowest BCUT2D eigenvalue weighted by Crippen LogP contribution is -2.41. The van der Waals surface area contributed by atoms with Gasteiger partial charge in [0.05, 0.1) is 17.7 Å². The smallest absolute Gasteiger partial charge is 0.261 e. The molecule has 28 heavy (non-hydrogen) atoms. The van der Waals surface area contributed by atoms with Gasteiger partial charge in [-0.2, -0.15) is 0 Å². The van der Waals surface area contributed by atoms with Crippen LogP contribution in [0.15, 0.2) is 29.3 Å². The van der Waals surface area contributed by atoms with Gasteiger partial charge in [-0.25, -0.2) is 0 Å². The van der Waals surface area contributed by atoms with Crippen LogP contribution in [0.4, 0.5) is 0 Å². The summed E-state index contributed by atoms with van der Waals surface area (Å²) in [6.07, 6.45) is 5.36. The van der Waals surface area contributed by atoms with E-state index in [-0.39, 0.29) is 35.8 Å². The lowest BCUT2D eigenvalue weighted by Gasteiger charge is -2.22. The number of hydrogen-bond acceptors (Lipinski definition) is 3. The molecule has 0 spiro atoms. The van der Waals surface area contributed by atoms with Crippen LogP contribution in [-0.2, 0) is 0 Å². The molecule has 2 aliphatic heterocycles. The van der Waals surface area contributed by atoms with E-state index >= 15 is 0 Å². The van der Waals surface area contributed by atoms with Gasteiger partial charge in [-0.1, -0.05) is 25.0 Å². The molecule has 6 nitrogen and oxygen atoms in total. The quantitative estimate of drug-likeness (QED) is 0.302. The average molecular weight is 496 g/mol. The summed E-state index contributed by atoms with van der Waals surface area (Å²) in [7, 11) is 0. The minimum Gasteiger partial charge on any atom is -0.357 e. The first-order valence-corrected chi connectivity index (χ1v) is 10.2. The fourth-order valence-electron chi connectivity index (χ4n) is 4.70. The van der Waals surface area contributed by atoms with Crippen LogP contribution in [0.5, 0.6) is 0 Å². The number of guanidine groups is 1. The van der Waals surface area contributed by atoms with Crippen LogP contribution < -0.4 is 5.32 Å². The Morgan fingerprint density at radius 2 is 1.64 bits per heavy atom. The fraction of sp³-hybridized carbons (Fsp3) is 0.571. The summed E-state index contributed by atoms with van der Waals surface area (Å²) in [5.41, 5.74) is 1.00. The Bertz CT molecular complexity index is 718. The third-order valence-electron chi connectivity index (χ3n) is 6.07. The van der Waals surface area contributed by atoms with Crippen molar-refractivity contribution in [3.8, 4) is 0 Å². The number of likely N-dealkylation sites (tertiary alicyclic amines) is 1. The highest BCUT2D eigenvalue weighted by Gasteiger charge is 2.36. The van der Waals surface area contributed by atoms with Crippen molar-refractivity contribution in [2.45, 2.75) is 32.6 Å². The van der Waals surface area contributed by atoms with Gasteiger partial charge in [0.2, 0.25) is 0 Å². The van der Waals surface area contributed by atoms with Crippen LogP contribution in [0.2, 0.25) is 0 Å². The molecule has 1 aromatic rings. The van der Waals surface area contributed by atoms with E-state index in [4.69, 9.17) is 4.99 Å². The van der Waals surface area contributed by atoms with Crippen LogP contribution in [0.1, 0.15) is 53.3 Å². The van der Waals surface area contributed by atoms with Crippen LogP contribution in [0.3, 0.4) is 0 Å². The highest BCUT2D eigenvalue weighted by atomic mass is 127. The summed E-state index contributed by atoms with van der Waals surface area (Å²) in [5, 5.41) is 3.39. The molecule has 2 atom stereocenters. The molecule has 1 N–H and O–H groups in total. The summed E-state index contributed by atoms with van der Waals surface area (Å²) >= 11 is 0. The number of fused-ring (bicyclic) bond motifs is 2. The Morgan fingerprint density at radius 3 is 2.18 bits per heavy atom. The van der Waals surface area contributed by atoms with Gasteiger partial charge in [-0.3, -0.25) is 19.5 Å². The molecule has 1 aliphatic carbocycles. The molecule has 1 saturated heterocycles. The maximum atomic E-state index is 12.5. The highest BCUT2D eigenvalue weighted by molar-refractivity contribution is 14.0. The number of nitrogens with zero attached hydrogens (tertiary/aromatic N) is 3. The van der Waals surface area contributed by atoms with Crippen LogP contribution in [-0.4, -0.2) is 60.3 Å². The minimum atomic E-state index is -0.206. The molecular formula is C21H29IN4O2. The van der Waals surface area contributed by atoms with Gasteiger partial charge < -0.3 is 10.2 Å². The zero-order valence-corrected chi connectivity index (χ0v) is 18.7. The molecule has 7 heteroatoms. The first-order chi connectivity index (χ1) is 13.2. The minimum absolute atomic E-state index is 0. The first-order valence-electron chi connectivity index (χ1n) is 10.2. The van der Waals surface area contributed by atoms with Crippen LogP contribution in [0, 0.1) is 11.8 Å². The van der Waals surface area contributed by atoms with Gasteiger partial charge >= 0.3 is 0 Å². The molecule has 1 saturated carbocycles. The predicted molar refractivity (Wildman–Crippen MR) is 120 cm³/mol. The standard InChI is InChI=1S/C21H28N4O2.HI/c1-2-22-21(24-13-15-7-3-4-8-16(15)14-24)23-11-12-25-19(26)17-9-5-6-10-18(17)20(25)27;/h5-6,9-10,15-16H,2-4,7-8,11-14H2,1H3,(H,22,23);1H. The van der Waals surface area contributed by atoms with Crippen LogP contribution in [0.25, 0.3) is 0 Å². The summed E-state index contributed by atoms with van der Waals surface area (Å²) < 4.78 is 0. The van der Waals surface area contributed by atoms with Crippen LogP contribution >= 0.6 is 24.0 Å². The zero-order chi connectivity index (χ0) is 18.8. The molecule has 0 aromatic heterocycles. The lowest BCUT2D eigenvalue weighted by atomic mass is 9.82. The maximum Gasteiger partial charge on any atom is 0.261 e. The average Bonchev–Trinajstić information content (AvgIpc) is 3.22. The van der Waals surface area contributed by atoms with Crippen molar-refractivity contribution >= 4 is 41.8 Å². The molecule has 0 radical (unpaired) electrons. The molecule has 4 rings (SSSR count). The molecule has 2 heterocycles. The van der Waals surface area contributed by atoms with E-state index in [0.717, 1.165) is 37.4 Å². The van der Waals surface area contributed by atoms with Gasteiger partial charge in [-0.15, -0.1) is 24.0 Å². The Kier molecular flexibility index (Phi) is 6.95. The Labute approximate surface area is 183 Å². The predicted octanol–water partition coefficient (Wildman–Crippen LogP) is 2.99. The van der Waals surface area contributed by atoms with Crippen molar-refractivity contribution in [3.63, 3.8) is 0 Å². The molecule has 2 amide bonds. The van der Waals surface area contributed by atoms with E-state index in [9.17, 15) is 9.59 Å². The molecule has 0 bridgehead atoms. The largest absolute Gasteiger partial charge is 0.357 e. The van der Waals surface area contributed by atoms with E-state index in [1.807, 2.05) is 0 Å². The number of carbonyl (C=O) groups excluding carboxylic acids is 2. The fourth-order valence-corrected chi connectivity index (χ4v) is 4.70. The van der Waals surface area contributed by atoms with Gasteiger partial charge in [0.25, 0.3) is 11.8 Å². The number of carbonyl (C=O) groups is 2. The third-order valence-corrected chi connectivity index (χ3v) is 6.07. The Hall–Kier alpha value is -1.64. The van der Waals surface area contributed by atoms with E-state index in [0.29, 0.717) is 24.2 Å². The molecule has 2 unspecified atom stereocenters. The first kappa shape index (κ1) is 21.1. The highest BCUT2D eigenvalue weighted by Crippen LogP contribution is 2.36. The van der Waals surface area contributed by atoms with Crippen molar-refractivity contribution in [1.82, 2.24) is 15.1 Å².